The number of benzene rings is 1. The highest BCUT2D eigenvalue weighted by atomic mass is 32.2. The van der Waals surface area contributed by atoms with Crippen molar-refractivity contribution in [3.8, 4) is 5.75 Å². The van der Waals surface area contributed by atoms with Gasteiger partial charge in [0.1, 0.15) is 5.75 Å². The van der Waals surface area contributed by atoms with Gasteiger partial charge in [-0.1, -0.05) is 6.92 Å². The number of aliphatic hydroxyl groups is 1. The van der Waals surface area contributed by atoms with Crippen LogP contribution < -0.4 is 9.46 Å². The van der Waals surface area contributed by atoms with Crippen LogP contribution in [-0.4, -0.2) is 122 Å². The monoisotopic (exact) mass is 664 g/mol. The normalized spacial score (nSPS) is 20.8. The van der Waals surface area contributed by atoms with Gasteiger partial charge in [-0.15, -0.1) is 0 Å². The molecule has 0 unspecified atom stereocenters. The molecule has 1 aliphatic rings. The molecule has 2 heterocycles. The van der Waals surface area contributed by atoms with Gasteiger partial charge < -0.3 is 33.8 Å². The number of rotatable bonds is 11. The molecule has 1 aromatic heterocycles. The summed E-state index contributed by atoms with van der Waals surface area (Å²) in [6.07, 6.45) is 5.74. The minimum atomic E-state index is -4.01. The molecule has 46 heavy (non-hydrogen) atoms. The Morgan fingerprint density at radius 1 is 1.22 bits per heavy atom. The van der Waals surface area contributed by atoms with Crippen LogP contribution >= 0.6 is 0 Å². The van der Waals surface area contributed by atoms with Gasteiger partial charge in [-0.05, 0) is 78.4 Å². The molecule has 0 radical (unpaired) electrons. The van der Waals surface area contributed by atoms with Crippen molar-refractivity contribution in [2.45, 2.75) is 76.2 Å². The second-order valence-electron chi connectivity index (χ2n) is 12.7. The van der Waals surface area contributed by atoms with Crippen molar-refractivity contribution < 1.29 is 32.6 Å². The quantitative estimate of drug-likeness (QED) is 0.370. The lowest BCUT2D eigenvalue weighted by atomic mass is 10.0. The number of anilines is 1. The second kappa shape index (κ2) is 17.1. The van der Waals surface area contributed by atoms with Crippen molar-refractivity contribution in [1.29, 1.82) is 0 Å². The maximum Gasteiger partial charge on any atom is 0.280 e. The topological polar surface area (TPSA) is 147 Å². The number of amides is 2. The fraction of sp³-hybridized carbons (Fsp3) is 0.656. The average Bonchev–Trinajstić information content (AvgIpc) is 3.45. The van der Waals surface area contributed by atoms with Crippen LogP contribution in [0.2, 0.25) is 0 Å². The third-order valence-corrected chi connectivity index (χ3v) is 9.40. The number of aromatic nitrogens is 2. The number of likely N-dealkylation sites (N-methyl/N-ethyl adjacent to an activating group) is 1. The van der Waals surface area contributed by atoms with Gasteiger partial charge >= 0.3 is 0 Å². The Labute approximate surface area is 273 Å². The maximum atomic E-state index is 14.3. The first-order valence-corrected chi connectivity index (χ1v) is 17.4. The lowest BCUT2D eigenvalue weighted by Gasteiger charge is -2.36. The average molecular weight is 665 g/mol. The van der Waals surface area contributed by atoms with Crippen LogP contribution in [0.3, 0.4) is 0 Å². The van der Waals surface area contributed by atoms with Crippen LogP contribution in [0.5, 0.6) is 5.75 Å². The van der Waals surface area contributed by atoms with Crippen molar-refractivity contribution in [3.05, 3.63) is 36.3 Å². The number of fused-ring (bicyclic) bond motifs is 1. The molecule has 0 aliphatic carbocycles. The molecule has 0 saturated heterocycles. The Morgan fingerprint density at radius 2 is 1.96 bits per heavy atom. The summed E-state index contributed by atoms with van der Waals surface area (Å²) in [4.78, 5) is 36.5. The van der Waals surface area contributed by atoms with E-state index in [1.54, 1.807) is 43.0 Å². The van der Waals surface area contributed by atoms with Gasteiger partial charge in [0.15, 0.2) is 5.03 Å². The van der Waals surface area contributed by atoms with Gasteiger partial charge in [0, 0.05) is 58.0 Å². The third-order valence-electron chi connectivity index (χ3n) is 8.14. The van der Waals surface area contributed by atoms with E-state index in [1.807, 2.05) is 32.8 Å². The summed E-state index contributed by atoms with van der Waals surface area (Å²) in [5.74, 6) is -0.256. The number of nitrogens with one attached hydrogen (secondary N) is 1. The zero-order chi connectivity index (χ0) is 34.0. The van der Waals surface area contributed by atoms with Gasteiger partial charge in [0.25, 0.3) is 15.9 Å². The SMILES string of the molecule is C[C@@H]1CCCCO[C@@H](CN(C)C(=O)CCCN(C)C)[C@H](C)CN([C@H](C)CO)C(=O)c2cc(NS(=O)(=O)c3cn(C)cn3)ccc2O1. The van der Waals surface area contributed by atoms with Gasteiger partial charge in [0.05, 0.1) is 36.7 Å². The number of nitrogens with zero attached hydrogens (tertiary/aromatic N) is 5. The molecule has 258 valence electrons. The Morgan fingerprint density at radius 3 is 2.61 bits per heavy atom. The zero-order valence-corrected chi connectivity index (χ0v) is 29.1. The minimum Gasteiger partial charge on any atom is -0.490 e. The van der Waals surface area contributed by atoms with Crippen molar-refractivity contribution in [2.24, 2.45) is 13.0 Å². The molecule has 3 rings (SSSR count). The van der Waals surface area contributed by atoms with E-state index < -0.39 is 22.0 Å². The highest BCUT2D eigenvalue weighted by Gasteiger charge is 2.31. The van der Waals surface area contributed by atoms with E-state index >= 15 is 0 Å². The molecule has 0 bridgehead atoms. The number of aliphatic hydroxyl groups excluding tert-OH is 1. The minimum absolute atomic E-state index is 0.0364. The van der Waals surface area contributed by atoms with Crippen LogP contribution in [0.25, 0.3) is 0 Å². The largest absolute Gasteiger partial charge is 0.490 e. The van der Waals surface area contributed by atoms with E-state index in [4.69, 9.17) is 9.47 Å². The molecule has 0 fully saturated rings. The highest BCUT2D eigenvalue weighted by Crippen LogP contribution is 2.29. The fourth-order valence-electron chi connectivity index (χ4n) is 5.29. The number of aryl methyl sites for hydroxylation is 1. The van der Waals surface area contributed by atoms with Gasteiger partial charge in [-0.3, -0.25) is 14.3 Å². The number of hydrogen-bond donors (Lipinski definition) is 2. The molecule has 1 aliphatic heterocycles. The first kappa shape index (κ1) is 37.3. The molecule has 2 amide bonds. The number of carbonyl (C=O) groups excluding carboxylic acids is 2. The maximum absolute atomic E-state index is 14.3. The first-order chi connectivity index (χ1) is 21.7. The Hall–Kier alpha value is -3.20. The van der Waals surface area contributed by atoms with E-state index in [-0.39, 0.29) is 53.5 Å². The molecular weight excluding hydrogens is 612 g/mol. The molecule has 14 heteroatoms. The third kappa shape index (κ3) is 10.7. The van der Waals surface area contributed by atoms with Crippen LogP contribution in [0.4, 0.5) is 5.69 Å². The summed E-state index contributed by atoms with van der Waals surface area (Å²) in [6.45, 7) is 7.29. The van der Waals surface area contributed by atoms with Crippen LogP contribution in [0, 0.1) is 5.92 Å². The molecule has 0 saturated carbocycles. The second-order valence-corrected chi connectivity index (χ2v) is 14.3. The predicted molar refractivity (Wildman–Crippen MR) is 176 cm³/mol. The van der Waals surface area contributed by atoms with E-state index in [2.05, 4.69) is 9.71 Å². The van der Waals surface area contributed by atoms with Crippen LogP contribution in [0.1, 0.15) is 63.2 Å². The van der Waals surface area contributed by atoms with Crippen LogP contribution in [-0.2, 0) is 26.6 Å². The number of imidazole rings is 1. The Bertz CT molecular complexity index is 1400. The lowest BCUT2D eigenvalue weighted by molar-refractivity contribution is -0.132. The smallest absolute Gasteiger partial charge is 0.280 e. The molecule has 1 aromatic carbocycles. The molecule has 4 atom stereocenters. The van der Waals surface area contributed by atoms with Crippen LogP contribution in [0.15, 0.2) is 35.7 Å². The van der Waals surface area contributed by atoms with Crippen molar-refractivity contribution in [1.82, 2.24) is 24.3 Å². The van der Waals surface area contributed by atoms with E-state index in [0.717, 1.165) is 25.8 Å². The summed E-state index contributed by atoms with van der Waals surface area (Å²) < 4.78 is 42.7. The standard InChI is InChI=1S/C32H52N6O7S/c1-23-18-38(24(2)21-39)32(41)27-17-26(34-46(42,43)30-20-36(6)22-33-30)13-14-28(27)45-25(3)11-8-9-16-44-29(23)19-37(7)31(40)12-10-15-35(4)5/h13-14,17,20,22-25,29,34,39H,8-12,15-16,18-19,21H2,1-7H3/t23-,24-,25-,29+/m1/s1. The van der Waals surface area contributed by atoms with Gasteiger partial charge in [0.2, 0.25) is 5.91 Å². The summed E-state index contributed by atoms with van der Waals surface area (Å²) in [7, 11) is 3.39. The summed E-state index contributed by atoms with van der Waals surface area (Å²) in [5.41, 5.74) is 0.346. The molecule has 0 spiro atoms. The number of ether oxygens (including phenoxy) is 2. The molecule has 13 nitrogen and oxygen atoms in total. The summed E-state index contributed by atoms with van der Waals surface area (Å²) >= 11 is 0. The van der Waals surface area contributed by atoms with E-state index in [0.29, 0.717) is 31.7 Å². The summed E-state index contributed by atoms with van der Waals surface area (Å²) in [5, 5.41) is 10.0. The number of sulfonamides is 1. The summed E-state index contributed by atoms with van der Waals surface area (Å²) in [6, 6.07) is 4.06. The number of hydrogen-bond acceptors (Lipinski definition) is 9. The highest BCUT2D eigenvalue weighted by molar-refractivity contribution is 7.92. The zero-order valence-electron chi connectivity index (χ0n) is 28.3. The van der Waals surface area contributed by atoms with Crippen molar-refractivity contribution >= 4 is 27.5 Å². The van der Waals surface area contributed by atoms with Crippen molar-refractivity contribution in [3.63, 3.8) is 0 Å². The predicted octanol–water partition coefficient (Wildman–Crippen LogP) is 2.82. The van der Waals surface area contributed by atoms with Gasteiger partial charge in [-0.25, -0.2) is 4.98 Å². The number of carbonyl (C=O) groups is 2. The molecule has 2 N–H and O–H groups in total. The molecular formula is C32H52N6O7S. The first-order valence-electron chi connectivity index (χ1n) is 16.0. The van der Waals surface area contributed by atoms with Crippen molar-refractivity contribution in [2.75, 3.05) is 58.7 Å². The Kier molecular flexibility index (Phi) is 13.8. The van der Waals surface area contributed by atoms with E-state index in [9.17, 15) is 23.1 Å². The van der Waals surface area contributed by atoms with Gasteiger partial charge in [-0.2, -0.15) is 8.42 Å². The van der Waals surface area contributed by atoms with E-state index in [1.165, 1.54) is 23.2 Å². The fourth-order valence-corrected chi connectivity index (χ4v) is 6.33. The Balaban J connectivity index is 1.93. The lowest BCUT2D eigenvalue weighted by Crippen LogP contribution is -2.48. The molecule has 2 aromatic rings.